The topological polar surface area (TPSA) is 98.5 Å². The van der Waals surface area contributed by atoms with Crippen molar-refractivity contribution in [2.24, 2.45) is 5.73 Å². The smallest absolute Gasteiger partial charge is 0.306 e. The van der Waals surface area contributed by atoms with Gasteiger partial charge in [-0.15, -0.1) is 11.3 Å². The lowest BCUT2D eigenvalue weighted by atomic mass is 10.1. The summed E-state index contributed by atoms with van der Waals surface area (Å²) in [5.74, 6) is -1.44. The number of rotatable bonds is 8. The van der Waals surface area contributed by atoms with E-state index in [-0.39, 0.29) is 6.42 Å². The van der Waals surface area contributed by atoms with E-state index in [4.69, 9.17) is 10.5 Å². The van der Waals surface area contributed by atoms with E-state index in [1.165, 1.54) is 23.8 Å². The van der Waals surface area contributed by atoms with Crippen molar-refractivity contribution in [3.8, 4) is 0 Å². The lowest BCUT2D eigenvalue weighted by Gasteiger charge is -2.13. The second kappa shape index (κ2) is 9.22. The molecule has 29 heavy (non-hydrogen) atoms. The normalized spacial score (nSPS) is 13.6. The van der Waals surface area contributed by atoms with Crippen LogP contribution in [0.15, 0.2) is 24.3 Å². The van der Waals surface area contributed by atoms with Crippen LogP contribution < -0.4 is 11.1 Å². The Kier molecular flexibility index (Phi) is 6.69. The fraction of sp³-hybridized carbons (Fsp3) is 0.409. The van der Waals surface area contributed by atoms with Crippen molar-refractivity contribution in [2.75, 3.05) is 5.32 Å². The molecule has 2 amide bonds. The quantitative estimate of drug-likeness (QED) is 0.647. The van der Waals surface area contributed by atoms with Gasteiger partial charge in [0.15, 0.2) is 6.10 Å². The molecule has 0 fully saturated rings. The number of fused-ring (bicyclic) bond motifs is 1. The van der Waals surface area contributed by atoms with Crippen molar-refractivity contribution in [3.63, 3.8) is 0 Å². The highest BCUT2D eigenvalue weighted by Crippen LogP contribution is 2.38. The fourth-order valence-corrected chi connectivity index (χ4v) is 4.76. The van der Waals surface area contributed by atoms with Crippen LogP contribution in [0.2, 0.25) is 0 Å². The number of carbonyl (C=O) groups is 3. The minimum atomic E-state index is -0.956. The highest BCUT2D eigenvalue weighted by Gasteiger charge is 2.27. The molecular weight excluding hydrogens is 388 g/mol. The summed E-state index contributed by atoms with van der Waals surface area (Å²) in [6.45, 7) is 3.61. The molecule has 1 heterocycles. The van der Waals surface area contributed by atoms with Gasteiger partial charge in [0.25, 0.3) is 11.8 Å². The van der Waals surface area contributed by atoms with E-state index in [0.717, 1.165) is 41.7 Å². The maximum absolute atomic E-state index is 12.5. The maximum Gasteiger partial charge on any atom is 0.306 e. The SMILES string of the molecule is CCc1ccc(CCC(=O)O[C@H](C)C(=O)Nc2sc3c(c2C(N)=O)CCC3)cc1. The molecule has 154 valence electrons. The standard InChI is InChI=1S/C22H26N2O4S/c1-3-14-7-9-15(10-8-14)11-12-18(25)28-13(2)21(27)24-22-19(20(23)26)16-5-4-6-17(16)29-22/h7-10,13H,3-6,11-12H2,1-2H3,(H2,23,26)(H,24,27)/t13-/m1/s1. The van der Waals surface area contributed by atoms with Gasteiger partial charge in [-0.25, -0.2) is 0 Å². The van der Waals surface area contributed by atoms with Crippen LogP contribution in [0.1, 0.15) is 58.6 Å². The molecular formula is C22H26N2O4S. The Morgan fingerprint density at radius 2 is 1.86 bits per heavy atom. The number of primary amides is 1. The van der Waals surface area contributed by atoms with Gasteiger partial charge >= 0.3 is 5.97 Å². The number of nitrogens with two attached hydrogens (primary N) is 1. The average molecular weight is 415 g/mol. The molecule has 1 aliphatic carbocycles. The summed E-state index contributed by atoms with van der Waals surface area (Å²) in [5.41, 5.74) is 9.14. The van der Waals surface area contributed by atoms with Crippen LogP contribution in [0.3, 0.4) is 0 Å². The number of benzene rings is 1. The van der Waals surface area contributed by atoms with E-state index >= 15 is 0 Å². The Morgan fingerprint density at radius 3 is 2.52 bits per heavy atom. The number of amides is 2. The molecule has 1 atom stereocenters. The number of thiophene rings is 1. The van der Waals surface area contributed by atoms with E-state index in [1.807, 2.05) is 24.3 Å². The lowest BCUT2D eigenvalue weighted by Crippen LogP contribution is -2.30. The van der Waals surface area contributed by atoms with Crippen molar-refractivity contribution in [3.05, 3.63) is 51.4 Å². The summed E-state index contributed by atoms with van der Waals surface area (Å²) in [5, 5.41) is 3.16. The lowest BCUT2D eigenvalue weighted by molar-refractivity contribution is -0.153. The Labute approximate surface area is 174 Å². The zero-order valence-electron chi connectivity index (χ0n) is 16.7. The Morgan fingerprint density at radius 1 is 1.17 bits per heavy atom. The second-order valence-electron chi connectivity index (χ2n) is 7.22. The van der Waals surface area contributed by atoms with Gasteiger partial charge in [-0.1, -0.05) is 31.2 Å². The molecule has 2 aromatic rings. The van der Waals surface area contributed by atoms with Crippen LogP contribution in [0.25, 0.3) is 0 Å². The molecule has 0 saturated carbocycles. The van der Waals surface area contributed by atoms with Gasteiger partial charge in [0.1, 0.15) is 5.00 Å². The van der Waals surface area contributed by atoms with Crippen LogP contribution >= 0.6 is 11.3 Å². The third-order valence-electron chi connectivity index (χ3n) is 5.13. The summed E-state index contributed by atoms with van der Waals surface area (Å²) in [7, 11) is 0. The first-order valence-corrected chi connectivity index (χ1v) is 10.7. The van der Waals surface area contributed by atoms with Crippen LogP contribution in [0.5, 0.6) is 0 Å². The number of esters is 1. The molecule has 7 heteroatoms. The van der Waals surface area contributed by atoms with Crippen molar-refractivity contribution < 1.29 is 19.1 Å². The molecule has 3 rings (SSSR count). The Hall–Kier alpha value is -2.67. The summed E-state index contributed by atoms with van der Waals surface area (Å²) in [6.07, 6.45) is 3.44. The first kappa shape index (κ1) is 21.0. The van der Waals surface area contributed by atoms with Crippen LogP contribution in [0, 0.1) is 0 Å². The predicted octanol–water partition coefficient (Wildman–Crippen LogP) is 3.40. The molecule has 0 unspecified atom stereocenters. The van der Waals surface area contributed by atoms with E-state index in [2.05, 4.69) is 12.2 Å². The minimum Gasteiger partial charge on any atom is -0.453 e. The Balaban J connectivity index is 1.54. The van der Waals surface area contributed by atoms with Gasteiger partial charge in [0.2, 0.25) is 0 Å². The molecule has 0 bridgehead atoms. The van der Waals surface area contributed by atoms with Crippen LogP contribution in [-0.4, -0.2) is 23.9 Å². The van der Waals surface area contributed by atoms with Gasteiger partial charge in [0, 0.05) is 11.3 Å². The Bertz CT molecular complexity index is 918. The van der Waals surface area contributed by atoms with E-state index in [1.54, 1.807) is 0 Å². The number of ether oxygens (including phenoxy) is 1. The second-order valence-corrected chi connectivity index (χ2v) is 8.32. The summed E-state index contributed by atoms with van der Waals surface area (Å²) in [4.78, 5) is 37.5. The first-order chi connectivity index (χ1) is 13.9. The molecule has 3 N–H and O–H groups in total. The van der Waals surface area contributed by atoms with Crippen molar-refractivity contribution in [1.29, 1.82) is 0 Å². The molecule has 0 radical (unpaired) electrons. The number of hydrogen-bond donors (Lipinski definition) is 2. The number of carbonyl (C=O) groups excluding carboxylic acids is 3. The largest absolute Gasteiger partial charge is 0.453 e. The summed E-state index contributed by atoms with van der Waals surface area (Å²) in [6, 6.07) is 8.10. The highest BCUT2D eigenvalue weighted by molar-refractivity contribution is 7.17. The molecule has 1 aliphatic rings. The molecule has 0 saturated heterocycles. The summed E-state index contributed by atoms with van der Waals surface area (Å²) < 4.78 is 5.27. The third-order valence-corrected chi connectivity index (χ3v) is 6.34. The molecule has 6 nitrogen and oxygen atoms in total. The number of nitrogens with one attached hydrogen (secondary N) is 1. The van der Waals surface area contributed by atoms with Crippen LogP contribution in [0.4, 0.5) is 5.00 Å². The number of hydrogen-bond acceptors (Lipinski definition) is 5. The van der Waals surface area contributed by atoms with E-state index in [9.17, 15) is 14.4 Å². The van der Waals surface area contributed by atoms with Crippen molar-refractivity contribution in [2.45, 2.75) is 58.5 Å². The van der Waals surface area contributed by atoms with Gasteiger partial charge in [0.05, 0.1) is 5.56 Å². The summed E-state index contributed by atoms with van der Waals surface area (Å²) >= 11 is 1.38. The molecule has 1 aromatic carbocycles. The monoisotopic (exact) mass is 414 g/mol. The zero-order chi connectivity index (χ0) is 21.0. The minimum absolute atomic E-state index is 0.197. The van der Waals surface area contributed by atoms with Crippen molar-refractivity contribution >= 4 is 34.1 Å². The van der Waals surface area contributed by atoms with Crippen molar-refractivity contribution in [1.82, 2.24) is 0 Å². The zero-order valence-corrected chi connectivity index (χ0v) is 17.6. The predicted molar refractivity (Wildman–Crippen MR) is 113 cm³/mol. The van der Waals surface area contributed by atoms with E-state index in [0.29, 0.717) is 17.0 Å². The molecule has 1 aromatic heterocycles. The van der Waals surface area contributed by atoms with Gasteiger partial charge in [-0.05, 0) is 55.7 Å². The van der Waals surface area contributed by atoms with E-state index < -0.39 is 23.9 Å². The maximum atomic E-state index is 12.5. The van der Waals surface area contributed by atoms with Gasteiger partial charge in [-0.3, -0.25) is 14.4 Å². The van der Waals surface area contributed by atoms with Gasteiger partial charge in [-0.2, -0.15) is 0 Å². The first-order valence-electron chi connectivity index (χ1n) is 9.91. The molecule has 0 aliphatic heterocycles. The fourth-order valence-electron chi connectivity index (χ4n) is 3.46. The van der Waals surface area contributed by atoms with Crippen LogP contribution in [-0.2, 0) is 40.0 Å². The van der Waals surface area contributed by atoms with Gasteiger partial charge < -0.3 is 15.8 Å². The number of anilines is 1. The average Bonchev–Trinajstić information content (AvgIpc) is 3.27. The highest BCUT2D eigenvalue weighted by atomic mass is 32.1. The number of aryl methyl sites for hydroxylation is 3. The third kappa shape index (κ3) is 5.03. The molecule has 0 spiro atoms.